The molecule has 1 atom stereocenters. The summed E-state index contributed by atoms with van der Waals surface area (Å²) in [5.74, 6) is 0.924. The normalized spacial score (nSPS) is 18.8. The molecular weight excluding hydrogens is 190 g/mol. The van der Waals surface area contributed by atoms with Gasteiger partial charge in [-0.2, -0.15) is 0 Å². The van der Waals surface area contributed by atoms with E-state index in [2.05, 4.69) is 11.0 Å². The Balaban J connectivity index is 2.35. The number of aldehydes is 1. The SMILES string of the molecule is COc1cccc2c1CC(CC=O)N2C. The summed E-state index contributed by atoms with van der Waals surface area (Å²) in [7, 11) is 3.71. The van der Waals surface area contributed by atoms with Crippen LogP contribution in [0.4, 0.5) is 5.69 Å². The Morgan fingerprint density at radius 3 is 3.07 bits per heavy atom. The summed E-state index contributed by atoms with van der Waals surface area (Å²) < 4.78 is 5.32. The third-order valence-electron chi connectivity index (χ3n) is 3.06. The Kier molecular flexibility index (Phi) is 2.62. The molecule has 1 heterocycles. The van der Waals surface area contributed by atoms with E-state index in [9.17, 15) is 4.79 Å². The summed E-state index contributed by atoms with van der Waals surface area (Å²) >= 11 is 0. The molecule has 0 aromatic heterocycles. The van der Waals surface area contributed by atoms with Gasteiger partial charge in [-0.1, -0.05) is 6.07 Å². The highest BCUT2D eigenvalue weighted by molar-refractivity contribution is 5.66. The van der Waals surface area contributed by atoms with Crippen LogP contribution in [0.15, 0.2) is 18.2 Å². The minimum absolute atomic E-state index is 0.286. The number of methoxy groups -OCH3 is 1. The Morgan fingerprint density at radius 2 is 2.40 bits per heavy atom. The number of hydrogen-bond acceptors (Lipinski definition) is 3. The molecule has 1 aliphatic heterocycles. The third-order valence-corrected chi connectivity index (χ3v) is 3.06. The van der Waals surface area contributed by atoms with Gasteiger partial charge in [-0.05, 0) is 18.6 Å². The van der Waals surface area contributed by atoms with Crippen molar-refractivity contribution in [1.29, 1.82) is 0 Å². The van der Waals surface area contributed by atoms with Crippen LogP contribution in [0.2, 0.25) is 0 Å². The fourth-order valence-corrected chi connectivity index (χ4v) is 2.20. The molecule has 1 unspecified atom stereocenters. The molecule has 1 aromatic rings. The van der Waals surface area contributed by atoms with E-state index in [0.717, 1.165) is 18.5 Å². The average molecular weight is 205 g/mol. The molecule has 3 heteroatoms. The Morgan fingerprint density at radius 1 is 1.60 bits per heavy atom. The standard InChI is InChI=1S/C12H15NO2/c1-13-9(6-7-14)8-10-11(13)4-3-5-12(10)15-2/h3-5,7,9H,6,8H2,1-2H3. The molecule has 80 valence electrons. The molecule has 0 saturated carbocycles. The van der Waals surface area contributed by atoms with Crippen molar-refractivity contribution in [3.05, 3.63) is 23.8 Å². The largest absolute Gasteiger partial charge is 0.496 e. The smallest absolute Gasteiger partial charge is 0.124 e. The summed E-state index contributed by atoms with van der Waals surface area (Å²) in [5, 5.41) is 0. The topological polar surface area (TPSA) is 29.5 Å². The van der Waals surface area contributed by atoms with Gasteiger partial charge in [-0.15, -0.1) is 0 Å². The number of likely N-dealkylation sites (N-methyl/N-ethyl adjacent to an activating group) is 1. The van der Waals surface area contributed by atoms with Crippen molar-refractivity contribution in [3.8, 4) is 5.75 Å². The van der Waals surface area contributed by atoms with Crippen LogP contribution in [0.1, 0.15) is 12.0 Å². The van der Waals surface area contributed by atoms with E-state index in [1.54, 1.807) is 7.11 Å². The molecule has 2 rings (SSSR count). The maximum absolute atomic E-state index is 10.6. The van der Waals surface area contributed by atoms with Gasteiger partial charge in [0.25, 0.3) is 0 Å². The van der Waals surface area contributed by atoms with Gasteiger partial charge in [0.1, 0.15) is 12.0 Å². The first-order valence-electron chi connectivity index (χ1n) is 5.10. The van der Waals surface area contributed by atoms with Gasteiger partial charge in [0.2, 0.25) is 0 Å². The molecule has 0 fully saturated rings. The molecule has 3 nitrogen and oxygen atoms in total. The minimum Gasteiger partial charge on any atom is -0.496 e. The number of carbonyl (C=O) groups is 1. The summed E-state index contributed by atoms with van der Waals surface area (Å²) in [6.07, 6.45) is 2.46. The lowest BCUT2D eigenvalue weighted by molar-refractivity contribution is -0.108. The molecule has 0 spiro atoms. The summed E-state index contributed by atoms with van der Waals surface area (Å²) in [6.45, 7) is 0. The number of ether oxygens (including phenoxy) is 1. The number of rotatable bonds is 3. The van der Waals surface area contributed by atoms with E-state index in [1.807, 2.05) is 19.2 Å². The molecule has 0 bridgehead atoms. The van der Waals surface area contributed by atoms with Crippen LogP contribution in [0.25, 0.3) is 0 Å². The van der Waals surface area contributed by atoms with Crippen molar-refractivity contribution in [2.75, 3.05) is 19.1 Å². The van der Waals surface area contributed by atoms with Crippen LogP contribution in [0.5, 0.6) is 5.75 Å². The van der Waals surface area contributed by atoms with Crippen molar-refractivity contribution in [2.24, 2.45) is 0 Å². The van der Waals surface area contributed by atoms with Crippen molar-refractivity contribution < 1.29 is 9.53 Å². The Labute approximate surface area is 89.7 Å². The zero-order chi connectivity index (χ0) is 10.8. The first kappa shape index (κ1) is 10.0. The maximum Gasteiger partial charge on any atom is 0.124 e. The second-order valence-electron chi connectivity index (χ2n) is 3.83. The van der Waals surface area contributed by atoms with Gasteiger partial charge >= 0.3 is 0 Å². The molecule has 15 heavy (non-hydrogen) atoms. The number of benzene rings is 1. The Hall–Kier alpha value is -1.51. The van der Waals surface area contributed by atoms with Crippen LogP contribution in [0, 0.1) is 0 Å². The highest BCUT2D eigenvalue weighted by Gasteiger charge is 2.28. The van der Waals surface area contributed by atoms with Crippen LogP contribution in [0.3, 0.4) is 0 Å². The lowest BCUT2D eigenvalue weighted by Crippen LogP contribution is -2.27. The molecule has 0 amide bonds. The summed E-state index contributed by atoms with van der Waals surface area (Å²) in [5.41, 5.74) is 2.40. The minimum atomic E-state index is 0.286. The van der Waals surface area contributed by atoms with Crippen LogP contribution in [-0.4, -0.2) is 26.5 Å². The monoisotopic (exact) mass is 205 g/mol. The predicted octanol–water partition coefficient (Wildman–Crippen LogP) is 1.65. The summed E-state index contributed by atoms with van der Waals surface area (Å²) in [4.78, 5) is 12.7. The molecule has 1 aromatic carbocycles. The zero-order valence-electron chi connectivity index (χ0n) is 9.06. The lowest BCUT2D eigenvalue weighted by atomic mass is 10.1. The lowest BCUT2D eigenvalue weighted by Gasteiger charge is -2.20. The quantitative estimate of drug-likeness (QED) is 0.703. The van der Waals surface area contributed by atoms with Gasteiger partial charge < -0.3 is 14.4 Å². The van der Waals surface area contributed by atoms with Crippen LogP contribution in [-0.2, 0) is 11.2 Å². The van der Waals surface area contributed by atoms with E-state index in [-0.39, 0.29) is 6.04 Å². The molecule has 0 saturated heterocycles. The number of carbonyl (C=O) groups excluding carboxylic acids is 1. The van der Waals surface area contributed by atoms with Gasteiger partial charge in [-0.3, -0.25) is 0 Å². The highest BCUT2D eigenvalue weighted by atomic mass is 16.5. The van der Waals surface area contributed by atoms with Gasteiger partial charge in [0, 0.05) is 30.8 Å². The first-order chi connectivity index (χ1) is 7.27. The average Bonchev–Trinajstić information content (AvgIpc) is 2.57. The molecule has 0 radical (unpaired) electrons. The van der Waals surface area contributed by atoms with Gasteiger partial charge in [-0.25, -0.2) is 0 Å². The fraction of sp³-hybridized carbons (Fsp3) is 0.417. The second-order valence-corrected chi connectivity index (χ2v) is 3.83. The van der Waals surface area contributed by atoms with Crippen LogP contribution < -0.4 is 9.64 Å². The predicted molar refractivity (Wildman–Crippen MR) is 59.6 cm³/mol. The highest BCUT2D eigenvalue weighted by Crippen LogP contribution is 2.37. The van der Waals surface area contributed by atoms with E-state index in [1.165, 1.54) is 11.3 Å². The summed E-state index contributed by atoms with van der Waals surface area (Å²) in [6, 6.07) is 6.31. The number of nitrogens with zero attached hydrogens (tertiary/aromatic N) is 1. The van der Waals surface area contributed by atoms with E-state index in [0.29, 0.717) is 6.42 Å². The van der Waals surface area contributed by atoms with Gasteiger partial charge in [0.05, 0.1) is 7.11 Å². The van der Waals surface area contributed by atoms with Crippen LogP contribution >= 0.6 is 0 Å². The van der Waals surface area contributed by atoms with Gasteiger partial charge in [0.15, 0.2) is 0 Å². The van der Waals surface area contributed by atoms with Crippen molar-refractivity contribution >= 4 is 12.0 Å². The second kappa shape index (κ2) is 3.93. The van der Waals surface area contributed by atoms with E-state index in [4.69, 9.17) is 4.74 Å². The maximum atomic E-state index is 10.6. The fourth-order valence-electron chi connectivity index (χ4n) is 2.20. The number of fused-ring (bicyclic) bond motifs is 1. The zero-order valence-corrected chi connectivity index (χ0v) is 9.06. The van der Waals surface area contributed by atoms with Crippen molar-refractivity contribution in [1.82, 2.24) is 0 Å². The van der Waals surface area contributed by atoms with E-state index >= 15 is 0 Å². The van der Waals surface area contributed by atoms with E-state index < -0.39 is 0 Å². The van der Waals surface area contributed by atoms with Crippen molar-refractivity contribution in [2.45, 2.75) is 18.9 Å². The number of hydrogen-bond donors (Lipinski definition) is 0. The molecule has 0 aliphatic carbocycles. The first-order valence-corrected chi connectivity index (χ1v) is 5.10. The molecule has 1 aliphatic rings. The Bertz CT molecular complexity index is 376. The molecular formula is C12H15NO2. The third kappa shape index (κ3) is 1.58. The number of anilines is 1. The van der Waals surface area contributed by atoms with Crippen molar-refractivity contribution in [3.63, 3.8) is 0 Å². The molecule has 0 N–H and O–H groups in total.